The highest BCUT2D eigenvalue weighted by atomic mass is 14.9. The van der Waals surface area contributed by atoms with Crippen molar-refractivity contribution >= 4 is 0 Å². The maximum atomic E-state index is 3.72. The van der Waals surface area contributed by atoms with E-state index in [9.17, 15) is 0 Å². The molecule has 1 aromatic rings. The monoisotopic (exact) mass is 259 g/mol. The summed E-state index contributed by atoms with van der Waals surface area (Å²) in [7, 11) is 0. The van der Waals surface area contributed by atoms with E-state index in [1.54, 1.807) is 0 Å². The Bertz CT molecular complexity index is 381. The minimum Gasteiger partial charge on any atom is -0.313 e. The highest BCUT2D eigenvalue weighted by Gasteiger charge is 2.23. The normalized spacial score (nSPS) is 18.3. The zero-order chi connectivity index (χ0) is 13.7. The van der Waals surface area contributed by atoms with Gasteiger partial charge in [0.15, 0.2) is 0 Å². The topological polar surface area (TPSA) is 12.0 Å². The molecule has 0 aromatic heterocycles. The molecule has 1 heteroatoms. The molecule has 1 nitrogen and oxygen atoms in total. The number of hydrogen-bond donors (Lipinski definition) is 1. The number of aryl methyl sites for hydroxylation is 1. The summed E-state index contributed by atoms with van der Waals surface area (Å²) in [5.41, 5.74) is 2.91. The minimum atomic E-state index is 0.682. The van der Waals surface area contributed by atoms with Gasteiger partial charge in [-0.2, -0.15) is 0 Å². The van der Waals surface area contributed by atoms with Crippen molar-refractivity contribution in [2.75, 3.05) is 6.54 Å². The Labute approximate surface area is 118 Å². The van der Waals surface area contributed by atoms with E-state index in [1.165, 1.54) is 43.2 Å². The van der Waals surface area contributed by atoms with Crippen molar-refractivity contribution in [3.05, 3.63) is 35.4 Å². The fourth-order valence-corrected chi connectivity index (χ4v) is 2.95. The molecule has 1 aliphatic rings. The number of nitrogens with one attached hydrogen (secondary N) is 1. The van der Waals surface area contributed by atoms with Gasteiger partial charge in [0.1, 0.15) is 0 Å². The van der Waals surface area contributed by atoms with Crippen molar-refractivity contribution in [3.63, 3.8) is 0 Å². The molecule has 2 atom stereocenters. The van der Waals surface area contributed by atoms with E-state index >= 15 is 0 Å². The van der Waals surface area contributed by atoms with Crippen molar-refractivity contribution in [3.8, 4) is 0 Å². The van der Waals surface area contributed by atoms with Crippen molar-refractivity contribution in [1.29, 1.82) is 0 Å². The highest BCUT2D eigenvalue weighted by molar-refractivity contribution is 5.26. The van der Waals surface area contributed by atoms with E-state index in [2.05, 4.69) is 50.4 Å². The van der Waals surface area contributed by atoms with Gasteiger partial charge < -0.3 is 5.32 Å². The Hall–Kier alpha value is -0.820. The van der Waals surface area contributed by atoms with Gasteiger partial charge in [-0.1, -0.05) is 56.5 Å². The summed E-state index contributed by atoms with van der Waals surface area (Å²) in [4.78, 5) is 0. The van der Waals surface area contributed by atoms with Gasteiger partial charge in [-0.15, -0.1) is 0 Å². The Kier molecular flexibility index (Phi) is 5.45. The van der Waals surface area contributed by atoms with Crippen LogP contribution in [-0.4, -0.2) is 12.6 Å². The third-order valence-electron chi connectivity index (χ3n) is 4.21. The lowest BCUT2D eigenvalue weighted by Gasteiger charge is -2.22. The van der Waals surface area contributed by atoms with Gasteiger partial charge in [0.05, 0.1) is 0 Å². The molecule has 1 aliphatic carbocycles. The van der Waals surface area contributed by atoms with Crippen LogP contribution in [-0.2, 0) is 0 Å². The lowest BCUT2D eigenvalue weighted by atomic mass is 9.87. The molecule has 19 heavy (non-hydrogen) atoms. The molecule has 0 bridgehead atoms. The second-order valence-electron chi connectivity index (χ2n) is 6.42. The summed E-state index contributed by atoms with van der Waals surface area (Å²) in [6.07, 6.45) is 6.73. The summed E-state index contributed by atoms with van der Waals surface area (Å²) in [5, 5.41) is 3.72. The van der Waals surface area contributed by atoms with E-state index in [4.69, 9.17) is 0 Å². The molecule has 0 aliphatic heterocycles. The number of rotatable bonds is 8. The van der Waals surface area contributed by atoms with E-state index in [-0.39, 0.29) is 0 Å². The standard InChI is InChI=1S/C18H29N/c1-4-6-14(2)12-17(13-19-18-9-10-18)16-8-5-7-15(3)11-16/h5,7-8,11,14,17-19H,4,6,9-10,12-13H2,1-3H3. The van der Waals surface area contributed by atoms with Crippen molar-refractivity contribution in [2.24, 2.45) is 5.92 Å². The van der Waals surface area contributed by atoms with Gasteiger partial charge in [0.2, 0.25) is 0 Å². The summed E-state index contributed by atoms with van der Waals surface area (Å²) >= 11 is 0. The van der Waals surface area contributed by atoms with Crippen LogP contribution in [0.5, 0.6) is 0 Å². The zero-order valence-corrected chi connectivity index (χ0v) is 12.8. The molecule has 0 spiro atoms. The molecule has 0 heterocycles. The maximum absolute atomic E-state index is 3.72. The van der Waals surface area contributed by atoms with Gasteiger partial charge in [-0.25, -0.2) is 0 Å². The van der Waals surface area contributed by atoms with Crippen molar-refractivity contribution < 1.29 is 0 Å². The van der Waals surface area contributed by atoms with Crippen LogP contribution in [0.15, 0.2) is 24.3 Å². The van der Waals surface area contributed by atoms with Gasteiger partial charge in [0, 0.05) is 12.6 Å². The lowest BCUT2D eigenvalue weighted by Crippen LogP contribution is -2.24. The van der Waals surface area contributed by atoms with Crippen molar-refractivity contribution in [1.82, 2.24) is 5.32 Å². The first-order chi connectivity index (χ1) is 9.19. The second kappa shape index (κ2) is 7.09. The van der Waals surface area contributed by atoms with Crippen LogP contribution in [0.2, 0.25) is 0 Å². The smallest absolute Gasteiger partial charge is 0.00684 e. The maximum Gasteiger partial charge on any atom is 0.00684 e. The molecule has 0 radical (unpaired) electrons. The second-order valence-corrected chi connectivity index (χ2v) is 6.42. The summed E-state index contributed by atoms with van der Waals surface area (Å²) < 4.78 is 0. The number of benzene rings is 1. The molecular weight excluding hydrogens is 230 g/mol. The summed E-state index contributed by atoms with van der Waals surface area (Å²) in [5.74, 6) is 1.51. The first-order valence-electron chi connectivity index (χ1n) is 7.99. The van der Waals surface area contributed by atoms with Gasteiger partial charge in [0.25, 0.3) is 0 Å². The van der Waals surface area contributed by atoms with Gasteiger partial charge >= 0.3 is 0 Å². The average Bonchev–Trinajstić information content (AvgIpc) is 3.18. The molecule has 0 saturated heterocycles. The van der Waals surface area contributed by atoms with E-state index in [1.807, 2.05) is 0 Å². The Morgan fingerprint density at radius 3 is 2.74 bits per heavy atom. The predicted molar refractivity (Wildman–Crippen MR) is 83.6 cm³/mol. The van der Waals surface area contributed by atoms with E-state index in [0.29, 0.717) is 5.92 Å². The number of hydrogen-bond acceptors (Lipinski definition) is 1. The molecule has 1 N–H and O–H groups in total. The highest BCUT2D eigenvalue weighted by Crippen LogP contribution is 2.28. The Morgan fingerprint density at radius 1 is 1.32 bits per heavy atom. The molecular formula is C18H29N. The van der Waals surface area contributed by atoms with Crippen LogP contribution in [0.3, 0.4) is 0 Å². The Balaban J connectivity index is 1.99. The van der Waals surface area contributed by atoms with Gasteiger partial charge in [-0.05, 0) is 43.6 Å². The quantitative estimate of drug-likeness (QED) is 0.716. The predicted octanol–water partition coefficient (Wildman–Crippen LogP) is 4.66. The third-order valence-corrected chi connectivity index (χ3v) is 4.21. The fraction of sp³-hybridized carbons (Fsp3) is 0.667. The molecule has 2 rings (SSSR count). The molecule has 0 amide bonds. The summed E-state index contributed by atoms with van der Waals surface area (Å²) in [6.45, 7) is 8.05. The van der Waals surface area contributed by atoms with Crippen LogP contribution >= 0.6 is 0 Å². The Morgan fingerprint density at radius 2 is 2.11 bits per heavy atom. The van der Waals surface area contributed by atoms with Crippen molar-refractivity contribution in [2.45, 2.75) is 64.8 Å². The molecule has 2 unspecified atom stereocenters. The van der Waals surface area contributed by atoms with E-state index in [0.717, 1.165) is 18.5 Å². The van der Waals surface area contributed by atoms with Crippen LogP contribution in [0.1, 0.15) is 63.0 Å². The molecule has 1 aromatic carbocycles. The van der Waals surface area contributed by atoms with Crippen LogP contribution in [0.4, 0.5) is 0 Å². The molecule has 106 valence electrons. The van der Waals surface area contributed by atoms with E-state index < -0.39 is 0 Å². The SMILES string of the molecule is CCCC(C)CC(CNC1CC1)c1cccc(C)c1. The summed E-state index contributed by atoms with van der Waals surface area (Å²) in [6, 6.07) is 9.90. The zero-order valence-electron chi connectivity index (χ0n) is 12.8. The molecule has 1 fully saturated rings. The molecule has 1 saturated carbocycles. The lowest BCUT2D eigenvalue weighted by molar-refractivity contribution is 0.419. The van der Waals surface area contributed by atoms with Gasteiger partial charge in [-0.3, -0.25) is 0 Å². The first kappa shape index (κ1) is 14.6. The minimum absolute atomic E-state index is 0.682. The van der Waals surface area contributed by atoms with Crippen LogP contribution in [0, 0.1) is 12.8 Å². The fourth-order valence-electron chi connectivity index (χ4n) is 2.95. The van der Waals surface area contributed by atoms with Crippen LogP contribution in [0.25, 0.3) is 0 Å². The van der Waals surface area contributed by atoms with Crippen LogP contribution < -0.4 is 5.32 Å². The largest absolute Gasteiger partial charge is 0.313 e. The first-order valence-corrected chi connectivity index (χ1v) is 7.99. The average molecular weight is 259 g/mol. The third kappa shape index (κ3) is 4.99.